The van der Waals surface area contributed by atoms with Crippen molar-refractivity contribution < 1.29 is 0 Å². The molecule has 3 nitrogen and oxygen atoms in total. The normalized spacial score (nSPS) is 12.9. The van der Waals surface area contributed by atoms with E-state index in [1.807, 2.05) is 0 Å². The van der Waals surface area contributed by atoms with E-state index in [9.17, 15) is 0 Å². The van der Waals surface area contributed by atoms with Crippen molar-refractivity contribution in [1.29, 1.82) is 0 Å². The molecular formula is C16H31N3. The third-order valence-corrected chi connectivity index (χ3v) is 3.68. The highest BCUT2D eigenvalue weighted by atomic mass is 15.3. The zero-order chi connectivity index (χ0) is 14.3. The third kappa shape index (κ3) is 3.82. The maximum atomic E-state index is 4.84. The van der Waals surface area contributed by atoms with Crippen LogP contribution in [0.25, 0.3) is 0 Å². The number of rotatable bonds is 9. The van der Waals surface area contributed by atoms with E-state index in [0.717, 1.165) is 38.8 Å². The lowest BCUT2D eigenvalue weighted by atomic mass is 9.99. The van der Waals surface area contributed by atoms with Gasteiger partial charge in [0.05, 0.1) is 5.69 Å². The molecule has 3 heteroatoms. The molecule has 1 N–H and O–H groups in total. The van der Waals surface area contributed by atoms with E-state index in [0.29, 0.717) is 6.04 Å². The lowest BCUT2D eigenvalue weighted by Crippen LogP contribution is -2.23. The zero-order valence-electron chi connectivity index (χ0n) is 13.4. The van der Waals surface area contributed by atoms with E-state index in [1.165, 1.54) is 23.4 Å². The molecule has 19 heavy (non-hydrogen) atoms. The largest absolute Gasteiger partial charge is 0.310 e. The van der Waals surface area contributed by atoms with Crippen LogP contribution in [-0.4, -0.2) is 16.3 Å². The number of aryl methyl sites for hydroxylation is 2. The van der Waals surface area contributed by atoms with Crippen molar-refractivity contribution >= 4 is 0 Å². The Morgan fingerprint density at radius 3 is 2.26 bits per heavy atom. The van der Waals surface area contributed by atoms with Crippen molar-refractivity contribution in [3.05, 3.63) is 17.0 Å². The van der Waals surface area contributed by atoms with Gasteiger partial charge in [-0.15, -0.1) is 0 Å². The molecule has 1 aromatic heterocycles. The molecular weight excluding hydrogens is 234 g/mol. The molecule has 0 amide bonds. The van der Waals surface area contributed by atoms with E-state index >= 15 is 0 Å². The molecule has 1 aromatic rings. The summed E-state index contributed by atoms with van der Waals surface area (Å²) in [5.74, 6) is 0. The van der Waals surface area contributed by atoms with Gasteiger partial charge in [-0.2, -0.15) is 5.10 Å². The second-order valence-corrected chi connectivity index (χ2v) is 5.15. The summed E-state index contributed by atoms with van der Waals surface area (Å²) >= 11 is 0. The van der Waals surface area contributed by atoms with Gasteiger partial charge in [-0.3, -0.25) is 4.68 Å². The van der Waals surface area contributed by atoms with Crippen LogP contribution in [0.5, 0.6) is 0 Å². The quantitative estimate of drug-likeness (QED) is 0.734. The molecule has 0 spiro atoms. The van der Waals surface area contributed by atoms with Crippen LogP contribution in [0.3, 0.4) is 0 Å². The van der Waals surface area contributed by atoms with E-state index in [2.05, 4.69) is 44.6 Å². The predicted molar refractivity (Wildman–Crippen MR) is 82.6 cm³/mol. The highest BCUT2D eigenvalue weighted by Gasteiger charge is 2.21. The minimum atomic E-state index is 0.468. The molecule has 1 heterocycles. The summed E-state index contributed by atoms with van der Waals surface area (Å²) in [5, 5.41) is 8.53. The van der Waals surface area contributed by atoms with Gasteiger partial charge in [-0.25, -0.2) is 0 Å². The number of aromatic nitrogens is 2. The van der Waals surface area contributed by atoms with Crippen LogP contribution in [0.15, 0.2) is 0 Å². The molecule has 1 unspecified atom stereocenters. The summed E-state index contributed by atoms with van der Waals surface area (Å²) in [5.41, 5.74) is 4.21. The Morgan fingerprint density at radius 1 is 1.05 bits per heavy atom. The Bertz CT molecular complexity index is 368. The fourth-order valence-electron chi connectivity index (χ4n) is 2.77. The number of nitrogens with zero attached hydrogens (tertiary/aromatic N) is 2. The first kappa shape index (κ1) is 16.2. The monoisotopic (exact) mass is 265 g/mol. The van der Waals surface area contributed by atoms with E-state index in [1.54, 1.807) is 0 Å². The highest BCUT2D eigenvalue weighted by Crippen LogP contribution is 2.26. The summed E-state index contributed by atoms with van der Waals surface area (Å²) in [6, 6.07) is 0.468. The van der Waals surface area contributed by atoms with E-state index in [-0.39, 0.29) is 0 Å². The number of nitrogens with one attached hydrogen (secondary N) is 1. The molecule has 1 rings (SSSR count). The van der Waals surface area contributed by atoms with Crippen LogP contribution in [0.1, 0.15) is 76.9 Å². The molecule has 0 aliphatic carbocycles. The van der Waals surface area contributed by atoms with Crippen LogP contribution >= 0.6 is 0 Å². The fourth-order valence-corrected chi connectivity index (χ4v) is 2.77. The molecule has 0 fully saturated rings. The Kier molecular flexibility index (Phi) is 7.14. The van der Waals surface area contributed by atoms with Crippen LogP contribution < -0.4 is 5.32 Å². The smallest absolute Gasteiger partial charge is 0.0672 e. The van der Waals surface area contributed by atoms with Crippen LogP contribution in [-0.2, 0) is 19.4 Å². The van der Waals surface area contributed by atoms with Gasteiger partial charge in [0.15, 0.2) is 0 Å². The molecule has 1 atom stereocenters. The maximum Gasteiger partial charge on any atom is 0.0672 e. The minimum Gasteiger partial charge on any atom is -0.310 e. The van der Waals surface area contributed by atoms with Crippen molar-refractivity contribution in [1.82, 2.24) is 15.1 Å². The van der Waals surface area contributed by atoms with Gasteiger partial charge in [0.25, 0.3) is 0 Å². The lowest BCUT2D eigenvalue weighted by Gasteiger charge is -2.19. The van der Waals surface area contributed by atoms with Crippen LogP contribution in [0.2, 0.25) is 0 Å². The number of hydrogen-bond acceptors (Lipinski definition) is 2. The Labute approximate surface area is 118 Å². The lowest BCUT2D eigenvalue weighted by molar-refractivity contribution is 0.508. The van der Waals surface area contributed by atoms with Gasteiger partial charge in [-0.05, 0) is 38.6 Å². The molecule has 0 bridgehead atoms. The highest BCUT2D eigenvalue weighted by molar-refractivity contribution is 5.30. The van der Waals surface area contributed by atoms with Gasteiger partial charge < -0.3 is 5.32 Å². The van der Waals surface area contributed by atoms with Crippen LogP contribution in [0, 0.1) is 0 Å². The summed E-state index contributed by atoms with van der Waals surface area (Å²) in [6.45, 7) is 13.3. The Hall–Kier alpha value is -0.830. The first-order chi connectivity index (χ1) is 9.23. The fraction of sp³-hybridized carbons (Fsp3) is 0.812. The van der Waals surface area contributed by atoms with Crippen molar-refractivity contribution in [2.24, 2.45) is 0 Å². The molecule has 0 aromatic carbocycles. The van der Waals surface area contributed by atoms with Crippen molar-refractivity contribution in [3.63, 3.8) is 0 Å². The zero-order valence-corrected chi connectivity index (χ0v) is 13.4. The minimum absolute atomic E-state index is 0.468. The number of hydrogen-bond donors (Lipinski definition) is 1. The second kappa shape index (κ2) is 8.36. The SMILES string of the molecule is CCCNC(CC)c1c(CC)nn(CCC)c1CC. The van der Waals surface area contributed by atoms with E-state index < -0.39 is 0 Å². The average molecular weight is 265 g/mol. The van der Waals surface area contributed by atoms with Gasteiger partial charge in [0.1, 0.15) is 0 Å². The second-order valence-electron chi connectivity index (χ2n) is 5.15. The van der Waals surface area contributed by atoms with Gasteiger partial charge in [0, 0.05) is 23.8 Å². The summed E-state index contributed by atoms with van der Waals surface area (Å²) in [6.07, 6.45) is 5.58. The van der Waals surface area contributed by atoms with Gasteiger partial charge >= 0.3 is 0 Å². The van der Waals surface area contributed by atoms with E-state index in [4.69, 9.17) is 5.10 Å². The van der Waals surface area contributed by atoms with Gasteiger partial charge in [-0.1, -0.05) is 34.6 Å². The molecule has 110 valence electrons. The van der Waals surface area contributed by atoms with Crippen molar-refractivity contribution in [2.45, 2.75) is 79.3 Å². The molecule has 0 radical (unpaired) electrons. The Morgan fingerprint density at radius 2 is 1.79 bits per heavy atom. The Balaban J connectivity index is 3.13. The first-order valence-electron chi connectivity index (χ1n) is 8.05. The summed E-state index contributed by atoms with van der Waals surface area (Å²) in [7, 11) is 0. The van der Waals surface area contributed by atoms with Crippen molar-refractivity contribution in [3.8, 4) is 0 Å². The summed E-state index contributed by atoms with van der Waals surface area (Å²) < 4.78 is 2.24. The molecule has 0 saturated heterocycles. The standard InChI is InChI=1S/C16H31N3/c1-6-11-17-13(8-3)16-14(9-4)18-19(12-7-2)15(16)10-5/h13,17H,6-12H2,1-5H3. The first-order valence-corrected chi connectivity index (χ1v) is 8.05. The molecule has 0 aliphatic rings. The predicted octanol–water partition coefficient (Wildman–Crippen LogP) is 3.87. The molecule has 0 aliphatic heterocycles. The average Bonchev–Trinajstić information content (AvgIpc) is 2.78. The topological polar surface area (TPSA) is 29.9 Å². The third-order valence-electron chi connectivity index (χ3n) is 3.68. The summed E-state index contributed by atoms with van der Waals surface area (Å²) in [4.78, 5) is 0. The van der Waals surface area contributed by atoms with Gasteiger partial charge in [0.2, 0.25) is 0 Å². The molecule has 0 saturated carbocycles. The van der Waals surface area contributed by atoms with Crippen LogP contribution in [0.4, 0.5) is 0 Å². The van der Waals surface area contributed by atoms with Crippen molar-refractivity contribution in [2.75, 3.05) is 6.54 Å². The maximum absolute atomic E-state index is 4.84.